The van der Waals surface area contributed by atoms with Crippen LogP contribution in [0.15, 0.2) is 11.0 Å². The van der Waals surface area contributed by atoms with Gasteiger partial charge in [-0.1, -0.05) is 0 Å². The van der Waals surface area contributed by atoms with Crippen LogP contribution in [0.1, 0.15) is 12.1 Å². The minimum Gasteiger partial charge on any atom is -0.358 e. The topological polar surface area (TPSA) is 116 Å². The van der Waals surface area contributed by atoms with Gasteiger partial charge in [0.1, 0.15) is 4.90 Å². The third-order valence-corrected chi connectivity index (χ3v) is 2.54. The monoisotopic (exact) mass is 271 g/mol. The Morgan fingerprint density at radius 3 is 2.35 bits per heavy atom. The maximum absolute atomic E-state index is 13.3. The van der Waals surface area contributed by atoms with Gasteiger partial charge in [-0.15, -0.1) is 0 Å². The molecule has 1 heterocycles. The average molecular weight is 271 g/mol. The van der Waals surface area contributed by atoms with Crippen molar-refractivity contribution in [3.63, 3.8) is 0 Å². The zero-order valence-corrected chi connectivity index (χ0v) is 8.62. The highest BCUT2D eigenvalue weighted by atomic mass is 32.2. The summed E-state index contributed by atoms with van der Waals surface area (Å²) in [6.45, 7) is 0. The molecule has 0 amide bonds. The summed E-state index contributed by atoms with van der Waals surface area (Å²) in [6.07, 6.45) is -3.30. The van der Waals surface area contributed by atoms with E-state index >= 15 is 0 Å². The number of halogens is 3. The summed E-state index contributed by atoms with van der Waals surface area (Å²) in [5, 5.41) is 14.8. The molecule has 0 bridgehead atoms. The van der Waals surface area contributed by atoms with Crippen molar-refractivity contribution in [3.8, 4) is 0 Å². The minimum absolute atomic E-state index is 0.155. The van der Waals surface area contributed by atoms with Crippen LogP contribution in [0.4, 0.5) is 19.0 Å². The first kappa shape index (κ1) is 13.3. The standard InChI is InChI=1S/C6H4F3N3O4S/c7-4-3(17(10,15)16)1-2(5(8)9)11-6(4)12(13)14/h1,5H,(H2,10,15,16). The molecule has 1 aromatic rings. The molecule has 17 heavy (non-hydrogen) atoms. The Balaban J connectivity index is 3.67. The van der Waals surface area contributed by atoms with Gasteiger partial charge in [0.15, 0.2) is 0 Å². The van der Waals surface area contributed by atoms with Crippen molar-refractivity contribution in [2.24, 2.45) is 5.14 Å². The molecule has 2 N–H and O–H groups in total. The summed E-state index contributed by atoms with van der Waals surface area (Å²) < 4.78 is 59.5. The largest absolute Gasteiger partial charge is 0.401 e. The molecule has 0 aromatic carbocycles. The summed E-state index contributed by atoms with van der Waals surface area (Å²) in [7, 11) is -4.70. The molecule has 0 atom stereocenters. The summed E-state index contributed by atoms with van der Waals surface area (Å²) in [5.41, 5.74) is -1.25. The van der Waals surface area contributed by atoms with E-state index in [-0.39, 0.29) is 6.07 Å². The van der Waals surface area contributed by atoms with Crippen molar-refractivity contribution in [1.29, 1.82) is 0 Å². The minimum atomic E-state index is -4.70. The second kappa shape index (κ2) is 4.25. The van der Waals surface area contributed by atoms with Crippen LogP contribution in [0.5, 0.6) is 0 Å². The SMILES string of the molecule is NS(=O)(=O)c1cc(C(F)F)nc([N+](=O)[O-])c1F. The van der Waals surface area contributed by atoms with Crippen molar-refractivity contribution >= 4 is 15.8 Å². The number of pyridine rings is 1. The Morgan fingerprint density at radius 2 is 2.00 bits per heavy atom. The van der Waals surface area contributed by atoms with Crippen LogP contribution in [-0.2, 0) is 10.0 Å². The lowest BCUT2D eigenvalue weighted by Gasteiger charge is -2.02. The molecule has 0 aliphatic rings. The number of primary sulfonamides is 1. The molecule has 0 radical (unpaired) electrons. The summed E-state index contributed by atoms with van der Waals surface area (Å²) >= 11 is 0. The van der Waals surface area contributed by atoms with Gasteiger partial charge in [-0.2, -0.15) is 4.39 Å². The molecule has 0 aliphatic heterocycles. The number of nitrogens with two attached hydrogens (primary N) is 1. The van der Waals surface area contributed by atoms with Gasteiger partial charge in [-0.3, -0.25) is 0 Å². The fourth-order valence-corrected chi connectivity index (χ4v) is 1.58. The van der Waals surface area contributed by atoms with Crippen molar-refractivity contribution in [1.82, 2.24) is 4.98 Å². The van der Waals surface area contributed by atoms with E-state index in [1.807, 2.05) is 0 Å². The fraction of sp³-hybridized carbons (Fsp3) is 0.167. The number of aromatic nitrogens is 1. The van der Waals surface area contributed by atoms with Crippen LogP contribution in [0.25, 0.3) is 0 Å². The number of hydrogen-bond acceptors (Lipinski definition) is 5. The number of nitrogens with zero attached hydrogens (tertiary/aromatic N) is 2. The van der Waals surface area contributed by atoms with E-state index in [1.165, 1.54) is 0 Å². The van der Waals surface area contributed by atoms with E-state index in [4.69, 9.17) is 0 Å². The van der Waals surface area contributed by atoms with Crippen molar-refractivity contribution in [3.05, 3.63) is 27.7 Å². The first-order valence-electron chi connectivity index (χ1n) is 3.80. The fourth-order valence-electron chi connectivity index (χ4n) is 0.951. The summed E-state index contributed by atoms with van der Waals surface area (Å²) in [5.74, 6) is -3.49. The molecular weight excluding hydrogens is 267 g/mol. The molecule has 0 unspecified atom stereocenters. The van der Waals surface area contributed by atoms with Gasteiger partial charge in [0.05, 0.1) is 0 Å². The molecular formula is C6H4F3N3O4S. The van der Waals surface area contributed by atoms with Crippen LogP contribution in [-0.4, -0.2) is 18.3 Å². The van der Waals surface area contributed by atoms with Crippen LogP contribution in [0, 0.1) is 15.9 Å². The van der Waals surface area contributed by atoms with E-state index in [0.717, 1.165) is 0 Å². The Morgan fingerprint density at radius 1 is 1.47 bits per heavy atom. The predicted octanol–water partition coefficient (Wildman–Crippen LogP) is 0.714. The number of hydrogen-bond donors (Lipinski definition) is 1. The quantitative estimate of drug-likeness (QED) is 0.642. The second-order valence-electron chi connectivity index (χ2n) is 2.79. The van der Waals surface area contributed by atoms with Crippen LogP contribution in [0.2, 0.25) is 0 Å². The zero-order chi connectivity index (χ0) is 13.4. The molecule has 1 rings (SSSR count). The molecule has 0 fully saturated rings. The first-order valence-corrected chi connectivity index (χ1v) is 5.35. The summed E-state index contributed by atoms with van der Waals surface area (Å²) in [6, 6.07) is 0.155. The van der Waals surface area contributed by atoms with Gasteiger partial charge in [-0.25, -0.2) is 22.3 Å². The normalized spacial score (nSPS) is 11.8. The number of nitro groups is 1. The molecule has 0 aliphatic carbocycles. The van der Waals surface area contributed by atoms with E-state index in [1.54, 1.807) is 0 Å². The van der Waals surface area contributed by atoms with Crippen LogP contribution < -0.4 is 5.14 Å². The third kappa shape index (κ3) is 2.68. The Labute approximate surface area is 92.3 Å². The van der Waals surface area contributed by atoms with Crippen LogP contribution in [0.3, 0.4) is 0 Å². The molecule has 0 spiro atoms. The highest BCUT2D eigenvalue weighted by Gasteiger charge is 2.31. The molecule has 1 aromatic heterocycles. The summed E-state index contributed by atoms with van der Waals surface area (Å²) in [4.78, 5) is 10.2. The average Bonchev–Trinajstić information content (AvgIpc) is 2.15. The van der Waals surface area contributed by atoms with E-state index in [0.29, 0.717) is 0 Å². The highest BCUT2D eigenvalue weighted by molar-refractivity contribution is 7.89. The van der Waals surface area contributed by atoms with Gasteiger partial charge in [0, 0.05) is 6.07 Å². The Bertz CT molecular complexity index is 574. The third-order valence-electron chi connectivity index (χ3n) is 1.63. The lowest BCUT2D eigenvalue weighted by atomic mass is 10.3. The molecule has 0 saturated heterocycles. The molecule has 7 nitrogen and oxygen atoms in total. The number of sulfonamides is 1. The van der Waals surface area contributed by atoms with Gasteiger partial charge in [0.25, 0.3) is 0 Å². The van der Waals surface area contributed by atoms with Gasteiger partial charge in [0.2, 0.25) is 21.5 Å². The number of rotatable bonds is 3. The maximum atomic E-state index is 13.3. The van der Waals surface area contributed by atoms with Gasteiger partial charge >= 0.3 is 12.2 Å². The Hall–Kier alpha value is -1.75. The van der Waals surface area contributed by atoms with E-state index in [9.17, 15) is 31.7 Å². The molecule has 0 saturated carbocycles. The lowest BCUT2D eigenvalue weighted by molar-refractivity contribution is -0.392. The Kier molecular flexibility index (Phi) is 3.33. The van der Waals surface area contributed by atoms with Crippen molar-refractivity contribution in [2.75, 3.05) is 0 Å². The zero-order valence-electron chi connectivity index (χ0n) is 7.80. The maximum Gasteiger partial charge on any atom is 0.401 e. The van der Waals surface area contributed by atoms with Crippen molar-refractivity contribution in [2.45, 2.75) is 11.3 Å². The first-order chi connectivity index (χ1) is 7.64. The highest BCUT2D eigenvalue weighted by Crippen LogP contribution is 2.27. The molecule has 11 heteroatoms. The van der Waals surface area contributed by atoms with Crippen LogP contribution >= 0.6 is 0 Å². The number of alkyl halides is 2. The molecule has 94 valence electrons. The van der Waals surface area contributed by atoms with Gasteiger partial charge in [-0.05, 0) is 9.91 Å². The van der Waals surface area contributed by atoms with E-state index < -0.39 is 43.6 Å². The lowest BCUT2D eigenvalue weighted by Crippen LogP contribution is -2.16. The smallest absolute Gasteiger partial charge is 0.358 e. The van der Waals surface area contributed by atoms with Gasteiger partial charge < -0.3 is 10.1 Å². The second-order valence-corrected chi connectivity index (χ2v) is 4.32. The predicted molar refractivity (Wildman–Crippen MR) is 47.2 cm³/mol. The van der Waals surface area contributed by atoms with Crippen molar-refractivity contribution < 1.29 is 26.5 Å². The van der Waals surface area contributed by atoms with E-state index in [2.05, 4.69) is 10.1 Å².